The van der Waals surface area contributed by atoms with Crippen molar-refractivity contribution in [3.63, 3.8) is 0 Å². The number of aryl methyl sites for hydroxylation is 1. The molecule has 0 aliphatic rings. The van der Waals surface area contributed by atoms with Gasteiger partial charge in [-0.05, 0) is 31.0 Å². The molecule has 106 valence electrons. The molecule has 0 radical (unpaired) electrons. The summed E-state index contributed by atoms with van der Waals surface area (Å²) in [6.45, 7) is 2.17. The Morgan fingerprint density at radius 3 is 2.48 bits per heavy atom. The fourth-order valence-electron chi connectivity index (χ4n) is 2.15. The van der Waals surface area contributed by atoms with E-state index in [1.807, 2.05) is 48.5 Å². The average molecular weight is 279 g/mol. The summed E-state index contributed by atoms with van der Waals surface area (Å²) in [6.07, 6.45) is 4.31. The van der Waals surface area contributed by atoms with Gasteiger partial charge in [0, 0.05) is 0 Å². The first-order valence-corrected chi connectivity index (χ1v) is 7.29. The van der Waals surface area contributed by atoms with Crippen molar-refractivity contribution < 1.29 is 0 Å². The third-order valence-corrected chi connectivity index (χ3v) is 3.28. The minimum absolute atomic E-state index is 0.522. The maximum Gasteiger partial charge on any atom is 0.415 e. The van der Waals surface area contributed by atoms with Gasteiger partial charge in [-0.15, -0.1) is 5.11 Å². The molecule has 2 aromatic carbocycles. The molecule has 0 amide bonds. The van der Waals surface area contributed by atoms with Gasteiger partial charge in [-0.25, -0.2) is 0 Å². The van der Waals surface area contributed by atoms with E-state index in [9.17, 15) is 5.39 Å². The lowest BCUT2D eigenvalue weighted by Gasteiger charge is -1.99. The molecule has 0 unspecified atom stereocenters. The smallest absolute Gasteiger partial charge is 0.150 e. The molecule has 0 saturated heterocycles. The highest BCUT2D eigenvalue weighted by Crippen LogP contribution is 2.34. The zero-order chi connectivity index (χ0) is 14.9. The van der Waals surface area contributed by atoms with Crippen LogP contribution in [0.15, 0.2) is 58.8 Å². The van der Waals surface area contributed by atoms with Crippen LogP contribution in [0.1, 0.15) is 31.7 Å². The lowest BCUT2D eigenvalue weighted by atomic mass is 10.0. The van der Waals surface area contributed by atoms with E-state index in [1.54, 1.807) is 0 Å². The number of benzene rings is 2. The van der Waals surface area contributed by atoms with E-state index in [0.717, 1.165) is 24.1 Å². The minimum atomic E-state index is 0.522. The van der Waals surface area contributed by atoms with Crippen LogP contribution in [0.25, 0.3) is 4.98 Å². The Hall–Kier alpha value is -2.54. The van der Waals surface area contributed by atoms with E-state index in [-0.39, 0.29) is 0 Å². The second-order valence-electron chi connectivity index (χ2n) is 4.88. The highest BCUT2D eigenvalue weighted by molar-refractivity contribution is 5.70. The van der Waals surface area contributed by atoms with Gasteiger partial charge in [-0.3, -0.25) is 0 Å². The molecule has 21 heavy (non-hydrogen) atoms. The summed E-state index contributed by atoms with van der Waals surface area (Å²) < 4.78 is 0. The lowest BCUT2D eigenvalue weighted by Crippen LogP contribution is -1.85. The molecule has 2 rings (SSSR count). The van der Waals surface area contributed by atoms with Gasteiger partial charge in [-0.2, -0.15) is 5.11 Å². The molecule has 0 saturated carbocycles. The van der Waals surface area contributed by atoms with Gasteiger partial charge < -0.3 is 0 Å². The van der Waals surface area contributed by atoms with Crippen LogP contribution in [0.5, 0.6) is 0 Å². The van der Waals surface area contributed by atoms with Crippen molar-refractivity contribution in [2.75, 3.05) is 0 Å². The number of diazo groups is 1. The highest BCUT2D eigenvalue weighted by Gasteiger charge is 2.19. The number of hydrogen-bond donors (Lipinski definition) is 0. The summed E-state index contributed by atoms with van der Waals surface area (Å²) in [5.74, 6) is 0. The Balaban J connectivity index is 2.21. The van der Waals surface area contributed by atoms with Crippen LogP contribution in [-0.4, -0.2) is 0 Å². The van der Waals surface area contributed by atoms with Gasteiger partial charge >= 0.3 is 5.69 Å². The summed E-state index contributed by atoms with van der Waals surface area (Å²) in [6, 6.07) is 15.2. The van der Waals surface area contributed by atoms with Gasteiger partial charge in [0.1, 0.15) is 0 Å². The van der Waals surface area contributed by atoms with Gasteiger partial charge in [0.15, 0.2) is 10.7 Å². The normalized spacial score (nSPS) is 10.7. The molecule has 4 heteroatoms. The molecule has 0 spiro atoms. The Labute approximate surface area is 125 Å². The predicted molar refractivity (Wildman–Crippen MR) is 85.0 cm³/mol. The summed E-state index contributed by atoms with van der Waals surface area (Å²) >= 11 is 0. The first-order valence-electron chi connectivity index (χ1n) is 7.29. The molecule has 0 fully saturated rings. The van der Waals surface area contributed by atoms with Crippen molar-refractivity contribution >= 4 is 17.1 Å². The zero-order valence-electron chi connectivity index (χ0n) is 12.2. The number of hydrogen-bond acceptors (Lipinski definition) is 3. The highest BCUT2D eigenvalue weighted by atomic mass is 15.1. The molecule has 0 aliphatic heterocycles. The van der Waals surface area contributed by atoms with Crippen LogP contribution in [-0.2, 0) is 6.42 Å². The third kappa shape index (κ3) is 4.22. The maximum atomic E-state index is 9.28. The van der Waals surface area contributed by atoms with Crippen molar-refractivity contribution in [1.82, 2.24) is 0 Å². The van der Waals surface area contributed by atoms with Crippen molar-refractivity contribution in [2.24, 2.45) is 10.2 Å². The van der Waals surface area contributed by atoms with E-state index in [1.165, 1.54) is 12.8 Å². The number of unbranched alkanes of at least 4 members (excludes halogenated alkanes) is 2. The average Bonchev–Trinajstić information content (AvgIpc) is 2.54. The number of nitrogens with zero attached hydrogens (tertiary/aromatic N) is 4. The Morgan fingerprint density at radius 1 is 0.952 bits per heavy atom. The van der Waals surface area contributed by atoms with Gasteiger partial charge in [-0.1, -0.05) is 50.1 Å². The largest absolute Gasteiger partial charge is 0.415 e. The molecule has 0 aromatic heterocycles. The van der Waals surface area contributed by atoms with Crippen molar-refractivity contribution in [3.8, 4) is 0 Å². The zero-order valence-corrected chi connectivity index (χ0v) is 12.2. The van der Waals surface area contributed by atoms with Crippen LogP contribution in [0, 0.1) is 5.39 Å². The van der Waals surface area contributed by atoms with E-state index >= 15 is 0 Å². The van der Waals surface area contributed by atoms with E-state index in [0.29, 0.717) is 11.4 Å². The second kappa shape index (κ2) is 7.91. The summed E-state index contributed by atoms with van der Waals surface area (Å²) in [5, 5.41) is 17.7. The van der Waals surface area contributed by atoms with Gasteiger partial charge in [0.2, 0.25) is 5.39 Å². The topological polar surface area (TPSA) is 52.9 Å². The standard InChI is InChI=1S/C17H19N4/c1-2-3-5-9-14-10-8-13-16(17(14)19-18)21-20-15-11-6-4-7-12-15/h4,6-8,10-13H,2-3,5,9H2,1H3/q+1. The van der Waals surface area contributed by atoms with Crippen molar-refractivity contribution in [3.05, 3.63) is 59.1 Å². The van der Waals surface area contributed by atoms with Crippen LogP contribution in [0.4, 0.5) is 17.1 Å². The lowest BCUT2D eigenvalue weighted by molar-refractivity contribution is 0.718. The van der Waals surface area contributed by atoms with E-state index < -0.39 is 0 Å². The summed E-state index contributed by atoms with van der Waals surface area (Å²) in [4.78, 5) is 3.41. The summed E-state index contributed by atoms with van der Waals surface area (Å²) in [5.41, 5.74) is 2.90. The molecular weight excluding hydrogens is 260 g/mol. The van der Waals surface area contributed by atoms with Crippen LogP contribution in [0.2, 0.25) is 0 Å². The molecule has 0 bridgehead atoms. The molecule has 0 aliphatic carbocycles. The van der Waals surface area contributed by atoms with Gasteiger partial charge in [0.05, 0.1) is 11.3 Å². The van der Waals surface area contributed by atoms with Crippen LogP contribution in [0.3, 0.4) is 0 Å². The molecule has 4 nitrogen and oxygen atoms in total. The van der Waals surface area contributed by atoms with E-state index in [4.69, 9.17) is 0 Å². The Morgan fingerprint density at radius 2 is 1.76 bits per heavy atom. The first-order chi connectivity index (χ1) is 10.3. The maximum absolute atomic E-state index is 9.28. The fourth-order valence-corrected chi connectivity index (χ4v) is 2.15. The van der Waals surface area contributed by atoms with Crippen LogP contribution >= 0.6 is 0 Å². The predicted octanol–water partition coefficient (Wildman–Crippen LogP) is 6.32. The molecule has 2 aromatic rings. The number of azo groups is 1. The van der Waals surface area contributed by atoms with E-state index in [2.05, 4.69) is 22.1 Å². The SMILES string of the molecule is CCCCCc1cccc(N=Nc2ccccc2)c1[N+]#N. The van der Waals surface area contributed by atoms with Crippen molar-refractivity contribution in [1.29, 1.82) is 5.39 Å². The summed E-state index contributed by atoms with van der Waals surface area (Å²) in [7, 11) is 0. The molecule has 0 heterocycles. The Kier molecular flexibility index (Phi) is 5.60. The molecular formula is C17H19N4+. The molecule has 0 atom stereocenters. The first kappa shape index (κ1) is 14.9. The second-order valence-corrected chi connectivity index (χ2v) is 4.88. The molecule has 0 N–H and O–H groups in total. The van der Waals surface area contributed by atoms with Crippen LogP contribution < -0.4 is 0 Å². The monoisotopic (exact) mass is 279 g/mol. The third-order valence-electron chi connectivity index (χ3n) is 3.28. The fraction of sp³-hybridized carbons (Fsp3) is 0.294. The van der Waals surface area contributed by atoms with Gasteiger partial charge in [0.25, 0.3) is 0 Å². The van der Waals surface area contributed by atoms with Crippen molar-refractivity contribution in [2.45, 2.75) is 32.6 Å². The number of rotatable bonds is 6. The quantitative estimate of drug-likeness (QED) is 0.347. The minimum Gasteiger partial charge on any atom is -0.150 e. The Bertz CT molecular complexity index is 642.